The fourth-order valence-corrected chi connectivity index (χ4v) is 6.67. The van der Waals surface area contributed by atoms with Crippen molar-refractivity contribution in [2.24, 2.45) is 14.1 Å². The molecule has 4 amide bonds. The third kappa shape index (κ3) is 11.4. The number of hydrogen-bond donors (Lipinski definition) is 4. The lowest BCUT2D eigenvalue weighted by molar-refractivity contribution is 0.120. The van der Waals surface area contributed by atoms with Gasteiger partial charge in [-0.15, -0.1) is 10.2 Å². The summed E-state index contributed by atoms with van der Waals surface area (Å²) in [5.74, 6) is 0.692. The van der Waals surface area contributed by atoms with E-state index in [4.69, 9.17) is 42.1 Å². The Morgan fingerprint density at radius 1 is 0.742 bits per heavy atom. The number of aromatic nitrogens is 10. The first-order valence-electron chi connectivity index (χ1n) is 17.8. The molecule has 2 atom stereocenters. The molecule has 62 heavy (non-hydrogen) atoms. The van der Waals surface area contributed by atoms with Gasteiger partial charge >= 0.3 is 24.4 Å². The van der Waals surface area contributed by atoms with E-state index >= 15 is 0 Å². The second-order valence-corrected chi connectivity index (χ2v) is 14.9. The van der Waals surface area contributed by atoms with Crippen LogP contribution in [0, 0.1) is 0 Å². The Morgan fingerprint density at radius 2 is 1.24 bits per heavy atom. The monoisotopic (exact) mass is 1020 g/mol. The number of anilines is 4. The van der Waals surface area contributed by atoms with Gasteiger partial charge in [0.2, 0.25) is 0 Å². The van der Waals surface area contributed by atoms with Crippen molar-refractivity contribution in [1.82, 2.24) is 49.9 Å². The van der Waals surface area contributed by atoms with Crippen LogP contribution in [0.4, 0.5) is 42.2 Å². The summed E-state index contributed by atoms with van der Waals surface area (Å²) in [6.45, 7) is 3.66. The van der Waals surface area contributed by atoms with Gasteiger partial charge in [0.15, 0.2) is 21.9 Å². The van der Waals surface area contributed by atoms with Gasteiger partial charge < -0.3 is 18.9 Å². The molecule has 0 fully saturated rings. The Bertz CT molecular complexity index is 2610. The Balaban J connectivity index is 0.000000171. The Labute approximate surface area is 377 Å². The summed E-state index contributed by atoms with van der Waals surface area (Å²) >= 11 is 18.4. The predicted octanol–water partition coefficient (Wildman–Crippen LogP) is 8.14. The van der Waals surface area contributed by atoms with Crippen LogP contribution in [-0.4, -0.2) is 74.3 Å². The van der Waals surface area contributed by atoms with E-state index in [1.54, 1.807) is 88.9 Å². The van der Waals surface area contributed by atoms with Gasteiger partial charge in [-0.05, 0) is 82.1 Å². The second kappa shape index (κ2) is 20.4. The summed E-state index contributed by atoms with van der Waals surface area (Å²) in [6.07, 6.45) is -0.359. The first-order chi connectivity index (χ1) is 29.7. The molecule has 8 rings (SSSR count). The number of fused-ring (bicyclic) bond motifs is 2. The number of pyridine rings is 4. The van der Waals surface area contributed by atoms with Crippen LogP contribution < -0.4 is 21.3 Å². The molecule has 6 aromatic rings. The molecule has 0 unspecified atom stereocenters. The SMILES string of the molecule is C[C@@H](OC(=O)Nc1c(-c2ccc3c(n2)COC(=O)N3)nnn1C)c1cccnc1Cl.C[C@@H](OC(=O)Nc1c(Br)nnn1C)c1cccnc1Cl.O=C1Nc2ccc(Br)nc2CO1. The topological polar surface area (TPSA) is 266 Å². The minimum Gasteiger partial charge on any atom is -0.443 e. The van der Waals surface area contributed by atoms with Gasteiger partial charge in [-0.25, -0.2) is 48.5 Å². The van der Waals surface area contributed by atoms with Gasteiger partial charge in [-0.3, -0.25) is 21.3 Å². The summed E-state index contributed by atoms with van der Waals surface area (Å²) in [4.78, 5) is 62.8. The third-order valence-electron chi connectivity index (χ3n) is 8.38. The van der Waals surface area contributed by atoms with Crippen molar-refractivity contribution in [3.63, 3.8) is 0 Å². The minimum atomic E-state index is -0.720. The number of halogens is 4. The highest BCUT2D eigenvalue weighted by Crippen LogP contribution is 2.30. The van der Waals surface area contributed by atoms with E-state index in [0.717, 1.165) is 16.0 Å². The zero-order valence-electron chi connectivity index (χ0n) is 32.6. The summed E-state index contributed by atoms with van der Waals surface area (Å²) < 4.78 is 24.3. The molecule has 0 aliphatic carbocycles. The summed E-state index contributed by atoms with van der Waals surface area (Å²) in [6, 6.07) is 13.8. The number of cyclic esters (lactones) is 2. The minimum absolute atomic E-state index is 0.0312. The van der Waals surface area contributed by atoms with Crippen molar-refractivity contribution < 1.29 is 38.1 Å². The van der Waals surface area contributed by atoms with Crippen molar-refractivity contribution in [1.29, 1.82) is 0 Å². The summed E-state index contributed by atoms with van der Waals surface area (Å²) in [5, 5.41) is 26.4. The highest BCUT2D eigenvalue weighted by molar-refractivity contribution is 9.10. The third-order valence-corrected chi connectivity index (χ3v) is 9.99. The number of ether oxygens (including phenoxy) is 4. The van der Waals surface area contributed by atoms with E-state index in [0.29, 0.717) is 49.5 Å². The van der Waals surface area contributed by atoms with Gasteiger partial charge in [-0.1, -0.05) is 45.8 Å². The maximum atomic E-state index is 12.5. The molecular formula is C36H32Br2Cl2N14O8. The number of amides is 4. The number of hydrogen-bond acceptors (Lipinski definition) is 16. The lowest BCUT2D eigenvalue weighted by Crippen LogP contribution is -2.21. The first kappa shape index (κ1) is 45.0. The van der Waals surface area contributed by atoms with E-state index in [2.05, 4.69) is 93.7 Å². The number of carbonyl (C=O) groups excluding carboxylic acids is 4. The van der Waals surface area contributed by atoms with Crippen molar-refractivity contribution in [3.05, 3.63) is 103 Å². The average molecular weight is 1020 g/mol. The number of carbonyl (C=O) groups is 4. The van der Waals surface area contributed by atoms with Gasteiger partial charge in [0, 0.05) is 37.6 Å². The highest BCUT2D eigenvalue weighted by atomic mass is 79.9. The quantitative estimate of drug-likeness (QED) is 0.0868. The van der Waals surface area contributed by atoms with Crippen LogP contribution in [-0.2, 0) is 46.3 Å². The van der Waals surface area contributed by atoms with Crippen LogP contribution in [0.5, 0.6) is 0 Å². The lowest BCUT2D eigenvalue weighted by atomic mass is 10.2. The second-order valence-electron chi connectivity index (χ2n) is 12.6. The van der Waals surface area contributed by atoms with E-state index in [1.165, 1.54) is 9.36 Å². The zero-order valence-corrected chi connectivity index (χ0v) is 37.3. The molecule has 0 bridgehead atoms. The van der Waals surface area contributed by atoms with Gasteiger partial charge in [0.25, 0.3) is 0 Å². The van der Waals surface area contributed by atoms with Crippen molar-refractivity contribution >= 4 is 102 Å². The van der Waals surface area contributed by atoms with Gasteiger partial charge in [-0.2, -0.15) is 0 Å². The fourth-order valence-electron chi connectivity index (χ4n) is 5.35. The Kier molecular flexibility index (Phi) is 14.8. The first-order valence-corrected chi connectivity index (χ1v) is 20.1. The molecule has 8 heterocycles. The van der Waals surface area contributed by atoms with Gasteiger partial charge in [0.05, 0.1) is 17.1 Å². The standard InChI is InChI=1S/C18H16ClN7O4.C11H11BrClN5O2.C7H5BrN2O2/c1-9(10-4-3-7-20-15(10)19)30-18(28)23-16-14(24-25-26(16)2)12-6-5-11-13(21-12)8-29-17(27)22-11;1-6(7-4-3-5-14-9(7)13)20-11(19)15-10-8(12)16-17-18(10)2;8-6-2-1-4-5(9-6)3-12-7(11)10-4/h3-7,9H,8H2,1-2H3,(H,22,27)(H,23,28);3-6H,1-2H3,(H,15,19);1-2H,3H2,(H,10,11)/t9-;6-;/m11./s1. The van der Waals surface area contributed by atoms with Crippen LogP contribution in [0.1, 0.15) is 48.6 Å². The van der Waals surface area contributed by atoms with E-state index in [1.807, 2.05) is 0 Å². The molecular weight excluding hydrogens is 987 g/mol. The normalized spacial score (nSPS) is 13.3. The Morgan fingerprint density at radius 3 is 1.77 bits per heavy atom. The summed E-state index contributed by atoms with van der Waals surface area (Å²) in [5.41, 5.74) is 4.53. The lowest BCUT2D eigenvalue weighted by Gasteiger charge is -2.17. The highest BCUT2D eigenvalue weighted by Gasteiger charge is 2.24. The number of aryl methyl sites for hydroxylation is 2. The molecule has 0 saturated carbocycles. The molecule has 4 N–H and O–H groups in total. The molecule has 2 aliphatic heterocycles. The molecule has 0 radical (unpaired) electrons. The predicted molar refractivity (Wildman–Crippen MR) is 228 cm³/mol. The molecule has 0 saturated heterocycles. The van der Waals surface area contributed by atoms with Crippen molar-refractivity contribution in [3.8, 4) is 11.4 Å². The van der Waals surface area contributed by atoms with Gasteiger partial charge in [0.1, 0.15) is 51.7 Å². The van der Waals surface area contributed by atoms with E-state index in [-0.39, 0.29) is 24.2 Å². The fraction of sp³-hybridized carbons (Fsp3) is 0.222. The smallest absolute Gasteiger partial charge is 0.413 e. The zero-order chi connectivity index (χ0) is 44.5. The van der Waals surface area contributed by atoms with E-state index < -0.39 is 36.6 Å². The number of nitrogens with one attached hydrogen (secondary N) is 4. The summed E-state index contributed by atoms with van der Waals surface area (Å²) in [7, 11) is 3.27. The molecule has 0 spiro atoms. The molecule has 322 valence electrons. The molecule has 26 heteroatoms. The van der Waals surface area contributed by atoms with Crippen LogP contribution in [0.3, 0.4) is 0 Å². The van der Waals surface area contributed by atoms with E-state index in [9.17, 15) is 19.2 Å². The molecule has 22 nitrogen and oxygen atoms in total. The molecule has 0 aromatic carbocycles. The Hall–Kier alpha value is -6.50. The molecule has 6 aromatic heterocycles. The van der Waals surface area contributed by atoms with Crippen LogP contribution in [0.2, 0.25) is 10.3 Å². The maximum Gasteiger partial charge on any atom is 0.413 e. The number of nitrogens with zero attached hydrogens (tertiary/aromatic N) is 10. The average Bonchev–Trinajstić information content (AvgIpc) is 3.76. The van der Waals surface area contributed by atoms with Crippen LogP contribution in [0.15, 0.2) is 70.1 Å². The van der Waals surface area contributed by atoms with Crippen molar-refractivity contribution in [2.45, 2.75) is 39.3 Å². The largest absolute Gasteiger partial charge is 0.443 e. The van der Waals surface area contributed by atoms with Crippen molar-refractivity contribution in [2.75, 3.05) is 21.3 Å². The number of rotatable bonds is 7. The maximum absolute atomic E-state index is 12.5. The van der Waals surface area contributed by atoms with Crippen LogP contribution >= 0.6 is 55.1 Å². The molecule has 2 aliphatic rings. The van der Waals surface area contributed by atoms with Crippen LogP contribution in [0.25, 0.3) is 11.4 Å².